The molecule has 0 saturated carbocycles. The molecule has 1 saturated heterocycles. The molecular weight excluding hydrogens is 364 g/mol. The molecule has 1 fully saturated rings. The van der Waals surface area contributed by atoms with Crippen LogP contribution >= 0.6 is 23.7 Å². The van der Waals surface area contributed by atoms with E-state index < -0.39 is 0 Å². The molecule has 0 aromatic carbocycles. The summed E-state index contributed by atoms with van der Waals surface area (Å²) in [6.45, 7) is 4.30. The number of rotatable bonds is 5. The van der Waals surface area contributed by atoms with Crippen molar-refractivity contribution in [3.05, 3.63) is 34.3 Å². The van der Waals surface area contributed by atoms with Gasteiger partial charge in [0.15, 0.2) is 5.69 Å². The first-order valence-electron chi connectivity index (χ1n) is 7.83. The number of nitrogens with one attached hydrogen (secondary N) is 1. The Morgan fingerprint density at radius 2 is 2.04 bits per heavy atom. The van der Waals surface area contributed by atoms with E-state index in [1.807, 2.05) is 17.5 Å². The van der Waals surface area contributed by atoms with Crippen molar-refractivity contribution in [2.45, 2.75) is 0 Å². The van der Waals surface area contributed by atoms with E-state index in [1.165, 1.54) is 16.0 Å². The summed E-state index contributed by atoms with van der Waals surface area (Å²) in [5.74, 6) is -0.102. The predicted molar refractivity (Wildman–Crippen MR) is 97.2 cm³/mol. The summed E-state index contributed by atoms with van der Waals surface area (Å²) in [6, 6.07) is 3.68. The van der Waals surface area contributed by atoms with Crippen LogP contribution in [0.5, 0.6) is 0 Å². The Morgan fingerprint density at radius 3 is 2.64 bits per heavy atom. The highest BCUT2D eigenvalue weighted by Crippen LogP contribution is 2.08. The van der Waals surface area contributed by atoms with Gasteiger partial charge in [0, 0.05) is 46.3 Å². The molecule has 0 radical (unpaired) electrons. The van der Waals surface area contributed by atoms with Crippen LogP contribution in [0.15, 0.2) is 23.7 Å². The highest BCUT2D eigenvalue weighted by atomic mass is 35.5. The highest BCUT2D eigenvalue weighted by Gasteiger charge is 2.23. The van der Waals surface area contributed by atoms with E-state index in [2.05, 4.69) is 20.5 Å². The molecular formula is C15H21ClN6O2S. The Balaban J connectivity index is 0.00000225. The van der Waals surface area contributed by atoms with Gasteiger partial charge >= 0.3 is 0 Å². The van der Waals surface area contributed by atoms with Gasteiger partial charge in [-0.3, -0.25) is 19.2 Å². The standard InChI is InChI=1S/C15H20N6O2S.ClH/c1-19-11-12(17-18-19)15(23)21-8-6-20(7-9-21)5-4-16-14(22)13-3-2-10-24-13;/h2-3,10-11H,4-9H2,1H3,(H,16,22);1H. The molecule has 136 valence electrons. The summed E-state index contributed by atoms with van der Waals surface area (Å²) >= 11 is 1.44. The Kier molecular flexibility index (Phi) is 6.91. The third-order valence-electron chi connectivity index (χ3n) is 3.94. The Labute approximate surface area is 156 Å². The molecule has 0 bridgehead atoms. The molecule has 2 aromatic heterocycles. The SMILES string of the molecule is Cl.Cn1cc(C(=O)N2CCN(CCNC(=O)c3cccs3)CC2)nn1. The number of nitrogens with zero attached hydrogens (tertiary/aromatic N) is 5. The highest BCUT2D eigenvalue weighted by molar-refractivity contribution is 7.12. The first-order valence-corrected chi connectivity index (χ1v) is 8.71. The van der Waals surface area contributed by atoms with Crippen molar-refractivity contribution >= 4 is 35.6 Å². The summed E-state index contributed by atoms with van der Waals surface area (Å²) in [7, 11) is 1.74. The number of aryl methyl sites for hydroxylation is 1. The van der Waals surface area contributed by atoms with E-state index in [0.717, 1.165) is 24.5 Å². The van der Waals surface area contributed by atoms with Gasteiger partial charge in [-0.15, -0.1) is 28.8 Å². The Bertz CT molecular complexity index is 697. The number of halogens is 1. The first kappa shape index (κ1) is 19.4. The van der Waals surface area contributed by atoms with E-state index in [4.69, 9.17) is 0 Å². The van der Waals surface area contributed by atoms with Gasteiger partial charge in [-0.05, 0) is 11.4 Å². The predicted octanol–water partition coefficient (Wildman–Crippen LogP) is 0.486. The second-order valence-corrected chi connectivity index (χ2v) is 6.59. The van der Waals surface area contributed by atoms with Gasteiger partial charge in [-0.25, -0.2) is 0 Å². The van der Waals surface area contributed by atoms with Gasteiger partial charge in [0.05, 0.1) is 11.1 Å². The van der Waals surface area contributed by atoms with Crippen molar-refractivity contribution in [2.24, 2.45) is 7.05 Å². The van der Waals surface area contributed by atoms with E-state index in [9.17, 15) is 9.59 Å². The van der Waals surface area contributed by atoms with Gasteiger partial charge in [0.25, 0.3) is 11.8 Å². The number of hydrogen-bond donors (Lipinski definition) is 1. The molecule has 2 amide bonds. The van der Waals surface area contributed by atoms with Crippen LogP contribution in [-0.4, -0.2) is 75.9 Å². The van der Waals surface area contributed by atoms with Crippen LogP contribution < -0.4 is 5.32 Å². The zero-order valence-electron chi connectivity index (χ0n) is 13.9. The fourth-order valence-electron chi connectivity index (χ4n) is 2.60. The minimum atomic E-state index is -0.0752. The number of hydrogen-bond acceptors (Lipinski definition) is 6. The van der Waals surface area contributed by atoms with Gasteiger partial charge < -0.3 is 10.2 Å². The van der Waals surface area contributed by atoms with Crippen LogP contribution in [-0.2, 0) is 7.05 Å². The van der Waals surface area contributed by atoms with Crippen molar-refractivity contribution in [3.63, 3.8) is 0 Å². The third-order valence-corrected chi connectivity index (χ3v) is 4.81. The van der Waals surface area contributed by atoms with E-state index in [0.29, 0.717) is 25.3 Å². The molecule has 0 atom stereocenters. The van der Waals surface area contributed by atoms with Crippen LogP contribution in [0.4, 0.5) is 0 Å². The van der Waals surface area contributed by atoms with Crippen LogP contribution in [0.3, 0.4) is 0 Å². The van der Waals surface area contributed by atoms with Crippen molar-refractivity contribution in [1.29, 1.82) is 0 Å². The van der Waals surface area contributed by atoms with Gasteiger partial charge in [0.1, 0.15) is 0 Å². The average molecular weight is 385 g/mol. The number of amides is 2. The molecule has 25 heavy (non-hydrogen) atoms. The number of carbonyl (C=O) groups excluding carboxylic acids is 2. The van der Waals surface area contributed by atoms with Gasteiger partial charge in [-0.1, -0.05) is 11.3 Å². The molecule has 0 aliphatic carbocycles. The number of aromatic nitrogens is 3. The number of carbonyl (C=O) groups is 2. The largest absolute Gasteiger partial charge is 0.350 e. The van der Waals surface area contributed by atoms with Crippen LogP contribution in [0.1, 0.15) is 20.2 Å². The summed E-state index contributed by atoms with van der Waals surface area (Å²) in [5.41, 5.74) is 0.383. The van der Waals surface area contributed by atoms with Gasteiger partial charge in [-0.2, -0.15) is 0 Å². The lowest BCUT2D eigenvalue weighted by molar-refractivity contribution is 0.0632. The van der Waals surface area contributed by atoms with Crippen molar-refractivity contribution < 1.29 is 9.59 Å². The molecule has 0 spiro atoms. The molecule has 8 nitrogen and oxygen atoms in total. The molecule has 2 aromatic rings. The maximum absolute atomic E-state index is 12.3. The summed E-state index contributed by atoms with van der Waals surface area (Å²) in [5, 5.41) is 12.5. The smallest absolute Gasteiger partial charge is 0.276 e. The normalized spacial score (nSPS) is 14.8. The van der Waals surface area contributed by atoms with Crippen molar-refractivity contribution in [1.82, 2.24) is 30.1 Å². The van der Waals surface area contributed by atoms with E-state index in [1.54, 1.807) is 18.1 Å². The van der Waals surface area contributed by atoms with Crippen LogP contribution in [0.2, 0.25) is 0 Å². The summed E-state index contributed by atoms with van der Waals surface area (Å²) in [6.07, 6.45) is 1.63. The van der Waals surface area contributed by atoms with Crippen molar-refractivity contribution in [2.75, 3.05) is 39.3 Å². The molecule has 1 N–H and O–H groups in total. The lowest BCUT2D eigenvalue weighted by atomic mass is 10.3. The second kappa shape index (κ2) is 8.93. The molecule has 0 unspecified atom stereocenters. The average Bonchev–Trinajstić information content (AvgIpc) is 3.26. The Morgan fingerprint density at radius 1 is 1.28 bits per heavy atom. The number of thiophene rings is 1. The van der Waals surface area contributed by atoms with Gasteiger partial charge in [0.2, 0.25) is 0 Å². The molecule has 1 aliphatic rings. The summed E-state index contributed by atoms with van der Waals surface area (Å²) < 4.78 is 1.53. The van der Waals surface area contributed by atoms with E-state index >= 15 is 0 Å². The molecule has 1 aliphatic heterocycles. The first-order chi connectivity index (χ1) is 11.6. The summed E-state index contributed by atoms with van der Waals surface area (Å²) in [4.78, 5) is 28.9. The zero-order chi connectivity index (χ0) is 16.9. The topological polar surface area (TPSA) is 83.4 Å². The fraction of sp³-hybridized carbons (Fsp3) is 0.467. The minimum Gasteiger partial charge on any atom is -0.350 e. The van der Waals surface area contributed by atoms with E-state index in [-0.39, 0.29) is 24.2 Å². The maximum Gasteiger partial charge on any atom is 0.276 e. The monoisotopic (exact) mass is 384 g/mol. The van der Waals surface area contributed by atoms with Crippen molar-refractivity contribution in [3.8, 4) is 0 Å². The lowest BCUT2D eigenvalue weighted by Crippen LogP contribution is -2.50. The molecule has 10 heteroatoms. The van der Waals surface area contributed by atoms with Crippen LogP contribution in [0, 0.1) is 0 Å². The number of piperazine rings is 1. The fourth-order valence-corrected chi connectivity index (χ4v) is 3.24. The zero-order valence-corrected chi connectivity index (χ0v) is 15.6. The molecule has 3 heterocycles. The molecule has 3 rings (SSSR count). The maximum atomic E-state index is 12.3. The lowest BCUT2D eigenvalue weighted by Gasteiger charge is -2.34. The second-order valence-electron chi connectivity index (χ2n) is 5.64. The quantitative estimate of drug-likeness (QED) is 0.811. The third kappa shape index (κ3) is 5.00. The van der Waals surface area contributed by atoms with Crippen LogP contribution in [0.25, 0.3) is 0 Å². The minimum absolute atomic E-state index is 0. The Hall–Kier alpha value is -1.97.